The number of carbonyl (C=O) groups is 1. The summed E-state index contributed by atoms with van der Waals surface area (Å²) in [6.45, 7) is 2.15. The summed E-state index contributed by atoms with van der Waals surface area (Å²) in [5.74, 6) is 0.396. The molecule has 4 rings (SSSR count). The molecule has 8 heteroatoms. The number of oxazole rings is 1. The van der Waals surface area contributed by atoms with E-state index >= 15 is 0 Å². The van der Waals surface area contributed by atoms with Crippen LogP contribution in [0.2, 0.25) is 0 Å². The van der Waals surface area contributed by atoms with Crippen molar-refractivity contribution in [3.05, 3.63) is 76.7 Å². The maximum absolute atomic E-state index is 12.6. The molecule has 1 atom stereocenters. The summed E-state index contributed by atoms with van der Waals surface area (Å²) in [7, 11) is 0. The number of benzene rings is 2. The first-order valence-electron chi connectivity index (χ1n) is 9.86. The van der Waals surface area contributed by atoms with Crippen LogP contribution in [0.5, 0.6) is 0 Å². The van der Waals surface area contributed by atoms with Crippen LogP contribution in [0.25, 0.3) is 11.5 Å². The van der Waals surface area contributed by atoms with Crippen molar-refractivity contribution >= 4 is 17.3 Å². The van der Waals surface area contributed by atoms with Crippen molar-refractivity contribution in [2.75, 3.05) is 18.4 Å². The molecule has 1 aliphatic heterocycles. The molecule has 8 nitrogen and oxygen atoms in total. The summed E-state index contributed by atoms with van der Waals surface area (Å²) in [5.41, 5.74) is 2.29. The van der Waals surface area contributed by atoms with E-state index in [1.54, 1.807) is 18.4 Å². The van der Waals surface area contributed by atoms with Crippen LogP contribution in [0.3, 0.4) is 0 Å². The van der Waals surface area contributed by atoms with Gasteiger partial charge in [-0.25, -0.2) is 4.98 Å². The summed E-state index contributed by atoms with van der Waals surface area (Å²) >= 11 is 0. The van der Waals surface area contributed by atoms with E-state index in [1.165, 1.54) is 12.1 Å². The van der Waals surface area contributed by atoms with Crippen LogP contribution in [-0.2, 0) is 11.3 Å². The largest absolute Gasteiger partial charge is 0.444 e. The van der Waals surface area contributed by atoms with Crippen molar-refractivity contribution in [2.24, 2.45) is 5.92 Å². The summed E-state index contributed by atoms with van der Waals surface area (Å²) in [6.07, 6.45) is 3.41. The van der Waals surface area contributed by atoms with Gasteiger partial charge in [-0.2, -0.15) is 0 Å². The first kappa shape index (κ1) is 19.8. The lowest BCUT2D eigenvalue weighted by Gasteiger charge is -2.31. The first-order valence-corrected chi connectivity index (χ1v) is 9.86. The van der Waals surface area contributed by atoms with Crippen LogP contribution in [0, 0.1) is 16.0 Å². The SMILES string of the molecule is O=C(Nc1ccccc1)[C@@H]1CCCN(Cc2coc(-c3ccc([N+](=O)[O-])cc3)n2)C1. The normalized spacial score (nSPS) is 16.9. The molecule has 2 aromatic carbocycles. The van der Waals surface area contributed by atoms with Crippen molar-refractivity contribution in [2.45, 2.75) is 19.4 Å². The number of nitro groups is 1. The van der Waals surface area contributed by atoms with Gasteiger partial charge in [0, 0.05) is 36.5 Å². The Bertz CT molecular complexity index is 1020. The Hall–Kier alpha value is -3.52. The van der Waals surface area contributed by atoms with Crippen molar-refractivity contribution in [1.82, 2.24) is 9.88 Å². The standard InChI is InChI=1S/C22H22N4O4/c27-21(23-18-6-2-1-3-7-18)17-5-4-12-25(13-17)14-19-15-30-22(24-19)16-8-10-20(11-9-16)26(28)29/h1-3,6-11,15,17H,4-5,12-14H2,(H,23,27)/t17-/m1/s1. The van der Waals surface area contributed by atoms with Crippen molar-refractivity contribution in [3.63, 3.8) is 0 Å². The molecular weight excluding hydrogens is 384 g/mol. The molecule has 1 amide bonds. The predicted molar refractivity (Wildman–Crippen MR) is 112 cm³/mol. The molecule has 154 valence electrons. The average molecular weight is 406 g/mol. The van der Waals surface area contributed by atoms with Crippen LogP contribution in [-0.4, -0.2) is 33.8 Å². The molecule has 0 bridgehead atoms. The molecule has 0 spiro atoms. The van der Waals surface area contributed by atoms with Gasteiger partial charge < -0.3 is 9.73 Å². The number of nitrogens with one attached hydrogen (secondary N) is 1. The number of hydrogen-bond acceptors (Lipinski definition) is 6. The van der Waals surface area contributed by atoms with E-state index in [1.807, 2.05) is 30.3 Å². The lowest BCUT2D eigenvalue weighted by atomic mass is 9.97. The number of carbonyl (C=O) groups excluding carboxylic acids is 1. The second kappa shape index (κ2) is 8.87. The summed E-state index contributed by atoms with van der Waals surface area (Å²) < 4.78 is 5.56. The van der Waals surface area contributed by atoms with Gasteiger partial charge in [0.1, 0.15) is 6.26 Å². The van der Waals surface area contributed by atoms with E-state index in [0.29, 0.717) is 24.5 Å². The van der Waals surface area contributed by atoms with E-state index < -0.39 is 4.92 Å². The number of aromatic nitrogens is 1. The molecule has 0 saturated carbocycles. The molecule has 1 fully saturated rings. The third kappa shape index (κ3) is 4.72. The third-order valence-electron chi connectivity index (χ3n) is 5.18. The van der Waals surface area contributed by atoms with Gasteiger partial charge >= 0.3 is 0 Å². The quantitative estimate of drug-likeness (QED) is 0.488. The van der Waals surface area contributed by atoms with Crippen molar-refractivity contribution < 1.29 is 14.1 Å². The molecule has 1 aromatic heterocycles. The predicted octanol–water partition coefficient (Wildman–Crippen LogP) is 4.10. The number of amides is 1. The minimum Gasteiger partial charge on any atom is -0.444 e. The topological polar surface area (TPSA) is 102 Å². The third-order valence-corrected chi connectivity index (χ3v) is 5.18. The average Bonchev–Trinajstić information content (AvgIpc) is 3.23. The Balaban J connectivity index is 1.36. The monoisotopic (exact) mass is 406 g/mol. The Morgan fingerprint density at radius 3 is 2.70 bits per heavy atom. The lowest BCUT2D eigenvalue weighted by Crippen LogP contribution is -2.40. The van der Waals surface area contributed by atoms with Gasteiger partial charge in [0.2, 0.25) is 11.8 Å². The number of nitrogens with zero attached hydrogens (tertiary/aromatic N) is 3. The molecule has 3 aromatic rings. The number of piperidine rings is 1. The highest BCUT2D eigenvalue weighted by Crippen LogP contribution is 2.24. The van der Waals surface area contributed by atoms with E-state index in [9.17, 15) is 14.9 Å². The second-order valence-electron chi connectivity index (χ2n) is 7.38. The molecule has 1 aliphatic rings. The summed E-state index contributed by atoms with van der Waals surface area (Å²) in [5, 5.41) is 13.8. The molecule has 0 unspecified atom stereocenters. The molecular formula is C22H22N4O4. The molecule has 0 radical (unpaired) electrons. The number of non-ortho nitro benzene ring substituents is 1. The number of anilines is 1. The van der Waals surface area contributed by atoms with E-state index in [4.69, 9.17) is 4.42 Å². The zero-order valence-corrected chi connectivity index (χ0v) is 16.4. The van der Waals surface area contributed by atoms with Crippen LogP contribution in [0.1, 0.15) is 18.5 Å². The lowest BCUT2D eigenvalue weighted by molar-refractivity contribution is -0.384. The number of likely N-dealkylation sites (tertiary alicyclic amines) is 1. The number of nitro benzene ring substituents is 1. The fourth-order valence-electron chi connectivity index (χ4n) is 3.65. The smallest absolute Gasteiger partial charge is 0.269 e. The molecule has 30 heavy (non-hydrogen) atoms. The highest BCUT2D eigenvalue weighted by Gasteiger charge is 2.26. The molecule has 1 saturated heterocycles. The van der Waals surface area contributed by atoms with Crippen molar-refractivity contribution in [3.8, 4) is 11.5 Å². The van der Waals surface area contributed by atoms with Gasteiger partial charge in [0.25, 0.3) is 5.69 Å². The Morgan fingerprint density at radius 2 is 1.97 bits per heavy atom. The Morgan fingerprint density at radius 1 is 1.20 bits per heavy atom. The van der Waals surface area contributed by atoms with E-state index in [2.05, 4.69) is 15.2 Å². The van der Waals surface area contributed by atoms with Crippen LogP contribution >= 0.6 is 0 Å². The summed E-state index contributed by atoms with van der Waals surface area (Å²) in [6, 6.07) is 15.6. The molecule has 0 aliphatic carbocycles. The van der Waals surface area contributed by atoms with E-state index in [0.717, 1.165) is 30.8 Å². The van der Waals surface area contributed by atoms with Gasteiger partial charge in [0.15, 0.2) is 0 Å². The maximum Gasteiger partial charge on any atom is 0.269 e. The fourth-order valence-corrected chi connectivity index (χ4v) is 3.65. The Labute approximate surface area is 173 Å². The molecule has 1 N–H and O–H groups in total. The van der Waals surface area contributed by atoms with Gasteiger partial charge in [-0.05, 0) is 43.7 Å². The van der Waals surface area contributed by atoms with Crippen LogP contribution < -0.4 is 5.32 Å². The van der Waals surface area contributed by atoms with Crippen LogP contribution in [0.4, 0.5) is 11.4 Å². The summed E-state index contributed by atoms with van der Waals surface area (Å²) in [4.78, 5) is 29.7. The van der Waals surface area contributed by atoms with Crippen molar-refractivity contribution in [1.29, 1.82) is 0 Å². The van der Waals surface area contributed by atoms with Gasteiger partial charge in [-0.3, -0.25) is 19.8 Å². The van der Waals surface area contributed by atoms with Gasteiger partial charge in [0.05, 0.1) is 16.5 Å². The van der Waals surface area contributed by atoms with Gasteiger partial charge in [-0.15, -0.1) is 0 Å². The number of rotatable bonds is 6. The molecule has 2 heterocycles. The zero-order valence-electron chi connectivity index (χ0n) is 16.4. The Kier molecular flexibility index (Phi) is 5.85. The first-order chi connectivity index (χ1) is 14.6. The number of para-hydroxylation sites is 1. The van der Waals surface area contributed by atoms with Crippen LogP contribution in [0.15, 0.2) is 65.3 Å². The van der Waals surface area contributed by atoms with E-state index in [-0.39, 0.29) is 17.5 Å². The highest BCUT2D eigenvalue weighted by atomic mass is 16.6. The number of hydrogen-bond donors (Lipinski definition) is 1. The highest BCUT2D eigenvalue weighted by molar-refractivity contribution is 5.92. The minimum atomic E-state index is -0.439. The minimum absolute atomic E-state index is 0.0265. The van der Waals surface area contributed by atoms with Gasteiger partial charge in [-0.1, -0.05) is 18.2 Å². The maximum atomic E-state index is 12.6. The second-order valence-corrected chi connectivity index (χ2v) is 7.38. The zero-order chi connectivity index (χ0) is 20.9. The fraction of sp³-hybridized carbons (Fsp3) is 0.273.